The number of thiophene rings is 1. The van der Waals surface area contributed by atoms with Crippen molar-refractivity contribution in [2.45, 2.75) is 10.8 Å². The van der Waals surface area contributed by atoms with Crippen molar-refractivity contribution >= 4 is 43.0 Å². The van der Waals surface area contributed by atoms with Crippen molar-refractivity contribution in [3.05, 3.63) is 39.9 Å². The third-order valence-corrected chi connectivity index (χ3v) is 5.34. The molecule has 0 aliphatic carbocycles. The van der Waals surface area contributed by atoms with E-state index in [4.69, 9.17) is 5.11 Å². The molecule has 0 spiro atoms. The molecule has 2 heterocycles. The van der Waals surface area contributed by atoms with Gasteiger partial charge in [0.1, 0.15) is 4.21 Å². The summed E-state index contributed by atoms with van der Waals surface area (Å²) in [6, 6.07) is 3.06. The van der Waals surface area contributed by atoms with Crippen LogP contribution in [0.4, 0.5) is 5.69 Å². The minimum absolute atomic E-state index is 0.159. The van der Waals surface area contributed by atoms with Crippen molar-refractivity contribution in [3.63, 3.8) is 0 Å². The highest BCUT2D eigenvalue weighted by Gasteiger charge is 2.17. The molecule has 0 amide bonds. The van der Waals surface area contributed by atoms with E-state index in [1.54, 1.807) is 17.6 Å². The molecule has 0 aliphatic heterocycles. The third kappa shape index (κ3) is 3.08. The number of hydrogen-bond acceptors (Lipinski definition) is 5. The van der Waals surface area contributed by atoms with Crippen LogP contribution in [0.1, 0.15) is 5.56 Å². The molecule has 2 rings (SSSR count). The molecule has 0 saturated carbocycles. The summed E-state index contributed by atoms with van der Waals surface area (Å²) in [5.74, 6) is 0. The first-order valence-corrected chi connectivity index (χ1v) is 7.98. The van der Waals surface area contributed by atoms with Gasteiger partial charge in [0.2, 0.25) is 0 Å². The summed E-state index contributed by atoms with van der Waals surface area (Å²) < 4.78 is 27.3. The molecule has 2 aromatic rings. The molecular weight excluding hydrogens is 340 g/mol. The van der Waals surface area contributed by atoms with Crippen LogP contribution in [0.5, 0.6) is 0 Å². The van der Waals surface area contributed by atoms with Crippen LogP contribution < -0.4 is 4.72 Å². The molecule has 0 aliphatic rings. The van der Waals surface area contributed by atoms with Crippen LogP contribution in [0.2, 0.25) is 0 Å². The summed E-state index contributed by atoms with van der Waals surface area (Å²) >= 11 is 4.28. The predicted octanol–water partition coefficient (Wildman–Crippen LogP) is 2.20. The number of rotatable bonds is 4. The Morgan fingerprint density at radius 2 is 2.17 bits per heavy atom. The number of hydrogen-bond donors (Lipinski definition) is 2. The van der Waals surface area contributed by atoms with E-state index >= 15 is 0 Å². The number of anilines is 1. The van der Waals surface area contributed by atoms with Crippen LogP contribution in [0.3, 0.4) is 0 Å². The molecule has 0 fully saturated rings. The molecule has 0 saturated heterocycles. The lowest BCUT2D eigenvalue weighted by Gasteiger charge is -2.05. The first-order chi connectivity index (χ1) is 8.51. The molecule has 0 unspecified atom stereocenters. The largest absolute Gasteiger partial charge is 0.392 e. The second kappa shape index (κ2) is 5.35. The van der Waals surface area contributed by atoms with Crippen molar-refractivity contribution in [3.8, 4) is 0 Å². The van der Waals surface area contributed by atoms with Crippen LogP contribution in [0.15, 0.2) is 38.6 Å². The Hall–Kier alpha value is -0.960. The lowest BCUT2D eigenvalue weighted by molar-refractivity contribution is 0.282. The Morgan fingerprint density at radius 1 is 1.39 bits per heavy atom. The molecule has 5 nitrogen and oxygen atoms in total. The topological polar surface area (TPSA) is 79.3 Å². The lowest BCUT2D eigenvalue weighted by atomic mass is 10.4. The minimum atomic E-state index is -3.62. The van der Waals surface area contributed by atoms with Gasteiger partial charge in [0.25, 0.3) is 10.0 Å². The van der Waals surface area contributed by atoms with Crippen LogP contribution in [0.25, 0.3) is 0 Å². The average molecular weight is 349 g/mol. The fraction of sp³-hybridized carbons (Fsp3) is 0.100. The van der Waals surface area contributed by atoms with Crippen LogP contribution in [0, 0.1) is 0 Å². The number of halogens is 1. The first kappa shape index (κ1) is 13.5. The number of sulfonamides is 1. The summed E-state index contributed by atoms with van der Waals surface area (Å²) in [7, 11) is -3.62. The maximum Gasteiger partial charge on any atom is 0.271 e. The van der Waals surface area contributed by atoms with Crippen molar-refractivity contribution in [2.24, 2.45) is 0 Å². The summed E-state index contributed by atoms with van der Waals surface area (Å²) in [5, 5.41) is 10.5. The number of nitrogens with zero attached hydrogens (tertiary/aromatic N) is 1. The summed E-state index contributed by atoms with van der Waals surface area (Å²) in [6.45, 7) is -0.176. The van der Waals surface area contributed by atoms with E-state index in [1.165, 1.54) is 12.3 Å². The van der Waals surface area contributed by atoms with Gasteiger partial charge in [-0.05, 0) is 39.0 Å². The second-order valence-corrected chi connectivity index (χ2v) is 7.17. The minimum Gasteiger partial charge on any atom is -0.392 e. The average Bonchev–Trinajstić information content (AvgIpc) is 2.77. The predicted molar refractivity (Wildman–Crippen MR) is 73.0 cm³/mol. The van der Waals surface area contributed by atoms with Crippen molar-refractivity contribution in [1.82, 2.24) is 4.98 Å². The Kier molecular flexibility index (Phi) is 4.00. The normalized spacial score (nSPS) is 11.4. The Balaban J connectivity index is 2.27. The fourth-order valence-corrected chi connectivity index (χ4v) is 3.85. The highest BCUT2D eigenvalue weighted by atomic mass is 79.9. The van der Waals surface area contributed by atoms with E-state index < -0.39 is 10.0 Å². The Labute approximate surface area is 117 Å². The van der Waals surface area contributed by atoms with Crippen molar-refractivity contribution in [2.75, 3.05) is 4.72 Å². The zero-order valence-corrected chi connectivity index (χ0v) is 12.2. The SMILES string of the molecule is O=S(=O)(Nc1cncc(Br)c1)c1cc(CO)cs1. The monoisotopic (exact) mass is 348 g/mol. The maximum absolute atomic E-state index is 12.0. The smallest absolute Gasteiger partial charge is 0.271 e. The molecule has 8 heteroatoms. The summed E-state index contributed by atoms with van der Waals surface area (Å²) in [6.07, 6.45) is 2.98. The van der Waals surface area contributed by atoms with Crippen LogP contribution in [-0.4, -0.2) is 18.5 Å². The Morgan fingerprint density at radius 3 is 2.78 bits per heavy atom. The van der Waals surface area contributed by atoms with Gasteiger partial charge in [-0.25, -0.2) is 8.42 Å². The molecule has 0 bridgehead atoms. The van der Waals surface area contributed by atoms with Gasteiger partial charge in [0, 0.05) is 10.7 Å². The quantitative estimate of drug-likeness (QED) is 0.887. The molecule has 18 heavy (non-hydrogen) atoms. The van der Waals surface area contributed by atoms with Gasteiger partial charge >= 0.3 is 0 Å². The van der Waals surface area contributed by atoms with Crippen LogP contribution >= 0.6 is 27.3 Å². The van der Waals surface area contributed by atoms with Gasteiger partial charge in [0.05, 0.1) is 18.5 Å². The first-order valence-electron chi connectivity index (χ1n) is 4.83. The van der Waals surface area contributed by atoms with Crippen LogP contribution in [-0.2, 0) is 16.6 Å². The van der Waals surface area contributed by atoms with E-state index in [2.05, 4.69) is 25.6 Å². The van der Waals surface area contributed by atoms with Crippen molar-refractivity contribution in [1.29, 1.82) is 0 Å². The maximum atomic E-state index is 12.0. The van der Waals surface area contributed by atoms with Gasteiger partial charge < -0.3 is 5.11 Å². The van der Waals surface area contributed by atoms with E-state index in [0.29, 0.717) is 15.7 Å². The number of nitrogens with one attached hydrogen (secondary N) is 1. The third-order valence-electron chi connectivity index (χ3n) is 2.03. The molecule has 0 aromatic carbocycles. The van der Waals surface area contributed by atoms with Gasteiger partial charge in [-0.1, -0.05) is 0 Å². The van der Waals surface area contributed by atoms with Crippen molar-refractivity contribution < 1.29 is 13.5 Å². The molecule has 0 radical (unpaired) electrons. The molecule has 0 atom stereocenters. The van der Waals surface area contributed by atoms with Gasteiger partial charge in [-0.2, -0.15) is 0 Å². The highest BCUT2D eigenvalue weighted by molar-refractivity contribution is 9.10. The number of aromatic nitrogens is 1. The summed E-state index contributed by atoms with van der Waals surface area (Å²) in [4.78, 5) is 3.87. The van der Waals surface area contributed by atoms with E-state index in [0.717, 1.165) is 11.3 Å². The van der Waals surface area contributed by atoms with Gasteiger partial charge in [-0.3, -0.25) is 9.71 Å². The zero-order chi connectivity index (χ0) is 13.2. The fourth-order valence-electron chi connectivity index (χ4n) is 1.25. The van der Waals surface area contributed by atoms with E-state index in [9.17, 15) is 8.42 Å². The van der Waals surface area contributed by atoms with Gasteiger partial charge in [0.15, 0.2) is 0 Å². The highest BCUT2D eigenvalue weighted by Crippen LogP contribution is 2.23. The van der Waals surface area contributed by atoms with Gasteiger partial charge in [-0.15, -0.1) is 11.3 Å². The van der Waals surface area contributed by atoms with E-state index in [-0.39, 0.29) is 10.8 Å². The molecule has 2 aromatic heterocycles. The second-order valence-electron chi connectivity index (χ2n) is 3.43. The molecular formula is C10H9BrN2O3S2. The number of pyridine rings is 1. The van der Waals surface area contributed by atoms with E-state index in [1.807, 2.05) is 0 Å². The molecule has 96 valence electrons. The number of aliphatic hydroxyl groups excluding tert-OH is 1. The lowest BCUT2D eigenvalue weighted by Crippen LogP contribution is -2.11. The zero-order valence-electron chi connectivity index (χ0n) is 9.00. The standard InChI is InChI=1S/C10H9BrN2O3S2/c11-8-2-9(4-12-3-8)13-18(15,16)10-1-7(5-14)6-17-10/h1-4,6,13-14H,5H2. The molecule has 2 N–H and O–H groups in total. The number of aliphatic hydroxyl groups is 1. The summed E-state index contributed by atoms with van der Waals surface area (Å²) in [5.41, 5.74) is 0.955. The Bertz CT molecular complexity index is 655.